The number of rotatable bonds is 0. The van der Waals surface area contributed by atoms with Crippen molar-refractivity contribution in [1.29, 1.82) is 0 Å². The minimum absolute atomic E-state index is 0.225. The van der Waals surface area contributed by atoms with Crippen molar-refractivity contribution < 1.29 is 4.39 Å². The lowest BCUT2D eigenvalue weighted by Crippen LogP contribution is -2.28. The molecule has 1 N–H and O–H groups in total. The molecule has 0 atom stereocenters. The Morgan fingerprint density at radius 3 is 3.40 bits per heavy atom. The number of hydrogen-bond acceptors (Lipinski definition) is 2. The van der Waals surface area contributed by atoms with Gasteiger partial charge in [0, 0.05) is 13.1 Å². The number of hydrogen-bond donors (Lipinski definition) is 1. The third-order valence-corrected chi connectivity index (χ3v) is 1.68. The first-order valence-corrected chi connectivity index (χ1v) is 3.28. The van der Waals surface area contributed by atoms with Gasteiger partial charge in [0.25, 0.3) is 0 Å². The number of nitrogens with zero attached hydrogens (tertiary/aromatic N) is 2. The highest BCUT2D eigenvalue weighted by atomic mass is 19.1. The summed E-state index contributed by atoms with van der Waals surface area (Å²) in [5, 5.41) is 3.10. The second-order valence-electron chi connectivity index (χ2n) is 2.33. The minimum Gasteiger partial charge on any atom is -0.308 e. The SMILES string of the molecule is Fc1cnc2n1CCNC2. The van der Waals surface area contributed by atoms with Gasteiger partial charge in [-0.3, -0.25) is 0 Å². The van der Waals surface area contributed by atoms with Crippen LogP contribution in [0, 0.1) is 5.95 Å². The molecular formula is C6H8FN3. The maximum absolute atomic E-state index is 12.7. The number of imidazole rings is 1. The Bertz CT molecular complexity index is 243. The third kappa shape index (κ3) is 0.724. The summed E-state index contributed by atoms with van der Waals surface area (Å²) in [6.07, 6.45) is 1.27. The summed E-state index contributed by atoms with van der Waals surface area (Å²) >= 11 is 0. The Kier molecular flexibility index (Phi) is 1.20. The van der Waals surface area contributed by atoms with Crippen LogP contribution in [0.2, 0.25) is 0 Å². The van der Waals surface area contributed by atoms with Gasteiger partial charge in [-0.1, -0.05) is 0 Å². The Hall–Kier alpha value is -0.900. The molecule has 0 spiro atoms. The van der Waals surface area contributed by atoms with Crippen molar-refractivity contribution >= 4 is 0 Å². The van der Waals surface area contributed by atoms with E-state index in [-0.39, 0.29) is 5.95 Å². The van der Waals surface area contributed by atoms with E-state index in [4.69, 9.17) is 0 Å². The van der Waals surface area contributed by atoms with Gasteiger partial charge in [-0.2, -0.15) is 4.39 Å². The van der Waals surface area contributed by atoms with Crippen LogP contribution in [0.3, 0.4) is 0 Å². The van der Waals surface area contributed by atoms with Gasteiger partial charge in [0.05, 0.1) is 12.7 Å². The molecular weight excluding hydrogens is 133 g/mol. The highest BCUT2D eigenvalue weighted by molar-refractivity contribution is 4.96. The van der Waals surface area contributed by atoms with Crippen molar-refractivity contribution in [3.8, 4) is 0 Å². The predicted molar refractivity (Wildman–Crippen MR) is 33.9 cm³/mol. The fraction of sp³-hybridized carbons (Fsp3) is 0.500. The molecule has 2 rings (SSSR count). The first-order valence-electron chi connectivity index (χ1n) is 3.28. The van der Waals surface area contributed by atoms with E-state index < -0.39 is 0 Å². The Morgan fingerprint density at radius 1 is 1.70 bits per heavy atom. The molecule has 0 aliphatic carbocycles. The molecule has 4 heteroatoms. The highest BCUT2D eigenvalue weighted by Gasteiger charge is 2.11. The smallest absolute Gasteiger partial charge is 0.213 e. The van der Waals surface area contributed by atoms with E-state index in [1.54, 1.807) is 4.57 Å². The van der Waals surface area contributed by atoms with Crippen LogP contribution >= 0.6 is 0 Å². The summed E-state index contributed by atoms with van der Waals surface area (Å²) in [6.45, 7) is 2.21. The van der Waals surface area contributed by atoms with Gasteiger partial charge < -0.3 is 9.88 Å². The maximum Gasteiger partial charge on any atom is 0.213 e. The van der Waals surface area contributed by atoms with Gasteiger partial charge in [0.15, 0.2) is 0 Å². The number of fused-ring (bicyclic) bond motifs is 1. The van der Waals surface area contributed by atoms with Gasteiger partial charge in [-0.25, -0.2) is 4.98 Å². The summed E-state index contributed by atoms with van der Waals surface area (Å²) in [4.78, 5) is 3.88. The molecule has 0 bridgehead atoms. The van der Waals surface area contributed by atoms with Crippen LogP contribution in [0.15, 0.2) is 6.20 Å². The average molecular weight is 141 g/mol. The molecule has 0 saturated heterocycles. The van der Waals surface area contributed by atoms with Gasteiger partial charge in [0.2, 0.25) is 5.95 Å². The Morgan fingerprint density at radius 2 is 2.60 bits per heavy atom. The van der Waals surface area contributed by atoms with Crippen LogP contribution in [-0.4, -0.2) is 16.1 Å². The lowest BCUT2D eigenvalue weighted by molar-refractivity contribution is 0.430. The molecule has 2 heterocycles. The van der Waals surface area contributed by atoms with Crippen LogP contribution in [0.5, 0.6) is 0 Å². The zero-order chi connectivity index (χ0) is 6.97. The van der Waals surface area contributed by atoms with Crippen molar-refractivity contribution in [2.75, 3.05) is 6.54 Å². The molecule has 10 heavy (non-hydrogen) atoms. The highest BCUT2D eigenvalue weighted by Crippen LogP contribution is 2.05. The Labute approximate surface area is 57.9 Å². The van der Waals surface area contributed by atoms with Crippen LogP contribution in [-0.2, 0) is 13.1 Å². The fourth-order valence-electron chi connectivity index (χ4n) is 1.16. The van der Waals surface area contributed by atoms with E-state index in [1.807, 2.05) is 0 Å². The zero-order valence-electron chi connectivity index (χ0n) is 5.47. The zero-order valence-corrected chi connectivity index (χ0v) is 5.47. The van der Waals surface area contributed by atoms with E-state index in [9.17, 15) is 4.39 Å². The first kappa shape index (κ1) is 5.85. The molecule has 0 saturated carbocycles. The molecule has 0 aromatic carbocycles. The van der Waals surface area contributed by atoms with Crippen LogP contribution < -0.4 is 5.32 Å². The standard InChI is InChI=1S/C6H8FN3/c7-5-3-9-6-4-8-1-2-10(5)6/h3,8H,1-2,4H2. The quantitative estimate of drug-likeness (QED) is 0.556. The Balaban J connectivity index is 2.45. The summed E-state index contributed by atoms with van der Waals surface area (Å²) in [6, 6.07) is 0. The average Bonchev–Trinajstić information content (AvgIpc) is 2.34. The molecule has 1 aliphatic rings. The fourth-order valence-corrected chi connectivity index (χ4v) is 1.16. The number of halogens is 1. The molecule has 0 fully saturated rings. The molecule has 3 nitrogen and oxygen atoms in total. The van der Waals surface area contributed by atoms with Crippen molar-refractivity contribution in [3.63, 3.8) is 0 Å². The van der Waals surface area contributed by atoms with E-state index in [0.29, 0.717) is 13.1 Å². The van der Waals surface area contributed by atoms with E-state index in [2.05, 4.69) is 10.3 Å². The molecule has 0 amide bonds. The summed E-state index contributed by atoms with van der Waals surface area (Å²) in [7, 11) is 0. The maximum atomic E-state index is 12.7. The minimum atomic E-state index is -0.225. The predicted octanol–water partition coefficient (Wildman–Crippen LogP) is 0.125. The number of nitrogens with one attached hydrogen (secondary N) is 1. The summed E-state index contributed by atoms with van der Waals surface area (Å²) in [5.74, 6) is 0.570. The second kappa shape index (κ2) is 2.05. The van der Waals surface area contributed by atoms with E-state index >= 15 is 0 Å². The molecule has 1 aromatic rings. The lowest BCUT2D eigenvalue weighted by Gasteiger charge is -2.14. The van der Waals surface area contributed by atoms with Crippen molar-refractivity contribution in [2.45, 2.75) is 13.1 Å². The summed E-state index contributed by atoms with van der Waals surface area (Å²) in [5.41, 5.74) is 0. The lowest BCUT2D eigenvalue weighted by atomic mass is 10.4. The van der Waals surface area contributed by atoms with Crippen molar-refractivity contribution in [3.05, 3.63) is 18.0 Å². The van der Waals surface area contributed by atoms with Gasteiger partial charge >= 0.3 is 0 Å². The van der Waals surface area contributed by atoms with Gasteiger partial charge in [-0.15, -0.1) is 0 Å². The first-order chi connectivity index (χ1) is 4.88. The van der Waals surface area contributed by atoms with Crippen LogP contribution in [0.25, 0.3) is 0 Å². The third-order valence-electron chi connectivity index (χ3n) is 1.68. The van der Waals surface area contributed by atoms with Crippen LogP contribution in [0.1, 0.15) is 5.82 Å². The summed E-state index contributed by atoms with van der Waals surface area (Å²) < 4.78 is 14.3. The monoisotopic (exact) mass is 141 g/mol. The normalized spacial score (nSPS) is 16.9. The molecule has 1 aliphatic heterocycles. The van der Waals surface area contributed by atoms with E-state index in [1.165, 1.54) is 6.20 Å². The van der Waals surface area contributed by atoms with Crippen LogP contribution in [0.4, 0.5) is 4.39 Å². The largest absolute Gasteiger partial charge is 0.308 e. The van der Waals surface area contributed by atoms with E-state index in [0.717, 1.165) is 12.4 Å². The second-order valence-corrected chi connectivity index (χ2v) is 2.33. The molecule has 54 valence electrons. The molecule has 1 aromatic heterocycles. The topological polar surface area (TPSA) is 29.9 Å². The number of aromatic nitrogens is 2. The van der Waals surface area contributed by atoms with Crippen molar-refractivity contribution in [1.82, 2.24) is 14.9 Å². The van der Waals surface area contributed by atoms with Gasteiger partial charge in [-0.05, 0) is 0 Å². The molecule has 0 radical (unpaired) electrons. The van der Waals surface area contributed by atoms with Gasteiger partial charge in [0.1, 0.15) is 5.82 Å². The molecule has 0 unspecified atom stereocenters. The van der Waals surface area contributed by atoms with Crippen molar-refractivity contribution in [2.24, 2.45) is 0 Å².